The zero-order valence-electron chi connectivity index (χ0n) is 4.71. The number of hydrogen-bond acceptors (Lipinski definition) is 2. The molecule has 2 nitrogen and oxygen atoms in total. The molecule has 0 saturated heterocycles. The van der Waals surface area contributed by atoms with Gasteiger partial charge in [-0.2, -0.15) is 0 Å². The summed E-state index contributed by atoms with van der Waals surface area (Å²) in [5, 5.41) is 8.75. The maximum atomic E-state index is 12.1. The SMILES string of the molecule is Cl.Oc1cc(F)cnc1Br. The molecular formula is C5H4BrClFNO. The highest BCUT2D eigenvalue weighted by Crippen LogP contribution is 2.19. The van der Waals surface area contributed by atoms with Crippen molar-refractivity contribution >= 4 is 28.3 Å². The molecule has 0 aliphatic heterocycles. The minimum absolute atomic E-state index is 0. The Kier molecular flexibility index (Phi) is 3.60. The molecule has 56 valence electrons. The molecule has 0 fully saturated rings. The summed E-state index contributed by atoms with van der Waals surface area (Å²) in [5.74, 6) is -0.731. The van der Waals surface area contributed by atoms with Crippen molar-refractivity contribution in [1.29, 1.82) is 0 Å². The van der Waals surface area contributed by atoms with Crippen LogP contribution in [0.4, 0.5) is 4.39 Å². The topological polar surface area (TPSA) is 33.1 Å². The lowest BCUT2D eigenvalue weighted by atomic mass is 10.4. The second-order valence-corrected chi connectivity index (χ2v) is 2.21. The van der Waals surface area contributed by atoms with Crippen molar-refractivity contribution in [2.45, 2.75) is 0 Å². The highest BCUT2D eigenvalue weighted by Gasteiger charge is 1.97. The maximum absolute atomic E-state index is 12.1. The Balaban J connectivity index is 0.000000810. The van der Waals surface area contributed by atoms with Gasteiger partial charge in [0.25, 0.3) is 0 Å². The van der Waals surface area contributed by atoms with E-state index in [9.17, 15) is 4.39 Å². The van der Waals surface area contributed by atoms with Crippen molar-refractivity contribution in [3.8, 4) is 5.75 Å². The standard InChI is InChI=1S/C5H3BrFNO.ClH/c6-5-4(9)1-3(7)2-8-5;/h1-2,9H;1H. The normalized spacial score (nSPS) is 8.60. The summed E-state index contributed by atoms with van der Waals surface area (Å²) >= 11 is 2.90. The van der Waals surface area contributed by atoms with Gasteiger partial charge in [0, 0.05) is 6.07 Å². The van der Waals surface area contributed by atoms with E-state index in [4.69, 9.17) is 5.11 Å². The largest absolute Gasteiger partial charge is 0.505 e. The van der Waals surface area contributed by atoms with Crippen LogP contribution in [0.2, 0.25) is 0 Å². The highest BCUT2D eigenvalue weighted by atomic mass is 79.9. The summed E-state index contributed by atoms with van der Waals surface area (Å²) in [7, 11) is 0. The predicted octanol–water partition coefficient (Wildman–Crippen LogP) is 2.11. The smallest absolute Gasteiger partial charge is 0.151 e. The quantitative estimate of drug-likeness (QED) is 0.690. The van der Waals surface area contributed by atoms with Gasteiger partial charge in [0.15, 0.2) is 5.75 Å². The first kappa shape index (κ1) is 9.65. The van der Waals surface area contributed by atoms with Crippen molar-refractivity contribution in [1.82, 2.24) is 4.98 Å². The number of hydrogen-bond donors (Lipinski definition) is 1. The summed E-state index contributed by atoms with van der Waals surface area (Å²) in [6.07, 6.45) is 1.02. The summed E-state index contributed by atoms with van der Waals surface area (Å²) in [6.45, 7) is 0. The van der Waals surface area contributed by atoms with E-state index in [1.165, 1.54) is 0 Å². The van der Waals surface area contributed by atoms with Gasteiger partial charge in [0.05, 0.1) is 6.20 Å². The molecule has 0 unspecified atom stereocenters. The first-order chi connectivity index (χ1) is 4.20. The Morgan fingerprint density at radius 3 is 2.60 bits per heavy atom. The predicted molar refractivity (Wildman–Crippen MR) is 40.8 cm³/mol. The van der Waals surface area contributed by atoms with Crippen LogP contribution in [0, 0.1) is 5.82 Å². The van der Waals surface area contributed by atoms with E-state index in [1.807, 2.05) is 0 Å². The lowest BCUT2D eigenvalue weighted by molar-refractivity contribution is 0.461. The third kappa shape index (κ3) is 2.11. The van der Waals surface area contributed by atoms with Gasteiger partial charge in [-0.05, 0) is 15.9 Å². The molecule has 0 aliphatic rings. The van der Waals surface area contributed by atoms with E-state index >= 15 is 0 Å². The molecule has 10 heavy (non-hydrogen) atoms. The molecule has 0 saturated carbocycles. The number of rotatable bonds is 0. The molecule has 1 N–H and O–H groups in total. The molecule has 1 heterocycles. The highest BCUT2D eigenvalue weighted by molar-refractivity contribution is 9.10. The zero-order valence-corrected chi connectivity index (χ0v) is 7.12. The van der Waals surface area contributed by atoms with Crippen LogP contribution in [0.1, 0.15) is 0 Å². The number of aromatic nitrogens is 1. The number of aromatic hydroxyl groups is 1. The van der Waals surface area contributed by atoms with Crippen molar-refractivity contribution in [3.63, 3.8) is 0 Å². The minimum Gasteiger partial charge on any atom is -0.505 e. The van der Waals surface area contributed by atoms with E-state index in [1.54, 1.807) is 0 Å². The Bertz CT molecular complexity index is 233. The summed E-state index contributed by atoms with van der Waals surface area (Å²) in [5.41, 5.74) is 0. The van der Waals surface area contributed by atoms with E-state index in [-0.39, 0.29) is 22.8 Å². The molecule has 0 spiro atoms. The van der Waals surface area contributed by atoms with Crippen molar-refractivity contribution in [3.05, 3.63) is 22.7 Å². The van der Waals surface area contributed by atoms with Crippen LogP contribution in [-0.2, 0) is 0 Å². The molecule has 5 heteroatoms. The summed E-state index contributed by atoms with van der Waals surface area (Å²) in [4.78, 5) is 3.47. The van der Waals surface area contributed by atoms with Crippen LogP contribution in [0.25, 0.3) is 0 Å². The molecule has 0 bridgehead atoms. The number of pyridine rings is 1. The van der Waals surface area contributed by atoms with Crippen LogP contribution >= 0.6 is 28.3 Å². The summed E-state index contributed by atoms with van der Waals surface area (Å²) < 4.78 is 12.4. The van der Waals surface area contributed by atoms with Crippen LogP contribution in [0.3, 0.4) is 0 Å². The molecule has 1 aromatic rings. The van der Waals surface area contributed by atoms with E-state index in [2.05, 4.69) is 20.9 Å². The molecule has 0 radical (unpaired) electrons. The van der Waals surface area contributed by atoms with Gasteiger partial charge >= 0.3 is 0 Å². The van der Waals surface area contributed by atoms with Crippen LogP contribution < -0.4 is 0 Å². The van der Waals surface area contributed by atoms with E-state index in [0.717, 1.165) is 12.3 Å². The average Bonchev–Trinajstić information content (AvgIpc) is 1.80. The fourth-order valence-corrected chi connectivity index (χ4v) is 0.629. The molecule has 1 aromatic heterocycles. The van der Waals surface area contributed by atoms with Crippen LogP contribution in [-0.4, -0.2) is 10.1 Å². The third-order valence-corrected chi connectivity index (χ3v) is 1.40. The van der Waals surface area contributed by atoms with Gasteiger partial charge in [0.1, 0.15) is 10.4 Å². The number of halogens is 3. The fourth-order valence-electron chi connectivity index (χ4n) is 0.412. The zero-order chi connectivity index (χ0) is 6.85. The second-order valence-electron chi connectivity index (χ2n) is 1.46. The van der Waals surface area contributed by atoms with Crippen LogP contribution in [0.5, 0.6) is 5.75 Å². The van der Waals surface area contributed by atoms with Crippen molar-refractivity contribution in [2.75, 3.05) is 0 Å². The van der Waals surface area contributed by atoms with Gasteiger partial charge in [-0.15, -0.1) is 12.4 Å². The first-order valence-electron chi connectivity index (χ1n) is 2.20. The van der Waals surface area contributed by atoms with Crippen LogP contribution in [0.15, 0.2) is 16.9 Å². The van der Waals surface area contributed by atoms with Gasteiger partial charge < -0.3 is 5.11 Å². The Hall–Kier alpha value is -0.350. The molecular weight excluding hydrogens is 224 g/mol. The van der Waals surface area contributed by atoms with Gasteiger partial charge in [-0.3, -0.25) is 0 Å². The second kappa shape index (κ2) is 3.73. The average molecular weight is 228 g/mol. The Labute approximate surface area is 71.6 Å². The van der Waals surface area contributed by atoms with Gasteiger partial charge in [-0.25, -0.2) is 9.37 Å². The molecule has 0 aliphatic carbocycles. The van der Waals surface area contributed by atoms with E-state index in [0.29, 0.717) is 0 Å². The molecule has 0 aromatic carbocycles. The molecule has 0 amide bonds. The fraction of sp³-hybridized carbons (Fsp3) is 0. The monoisotopic (exact) mass is 227 g/mol. The van der Waals surface area contributed by atoms with Gasteiger partial charge in [0.2, 0.25) is 0 Å². The van der Waals surface area contributed by atoms with Crippen molar-refractivity contribution in [2.24, 2.45) is 0 Å². The van der Waals surface area contributed by atoms with Crippen molar-refractivity contribution < 1.29 is 9.50 Å². The van der Waals surface area contributed by atoms with E-state index < -0.39 is 5.82 Å². The summed E-state index contributed by atoms with van der Waals surface area (Å²) in [6, 6.07) is 0.983. The maximum Gasteiger partial charge on any atom is 0.151 e. The molecule has 0 atom stereocenters. The lowest BCUT2D eigenvalue weighted by Gasteiger charge is -1.92. The lowest BCUT2D eigenvalue weighted by Crippen LogP contribution is -1.78. The first-order valence-corrected chi connectivity index (χ1v) is 2.99. The minimum atomic E-state index is -0.546. The van der Waals surface area contributed by atoms with Gasteiger partial charge in [-0.1, -0.05) is 0 Å². The Morgan fingerprint density at radius 1 is 1.60 bits per heavy atom. The third-order valence-electron chi connectivity index (χ3n) is 0.787. The molecule has 1 rings (SSSR count). The Morgan fingerprint density at radius 2 is 2.20 bits per heavy atom. The number of nitrogens with zero attached hydrogens (tertiary/aromatic N) is 1.